The first-order valence-corrected chi connectivity index (χ1v) is 7.26. The lowest BCUT2D eigenvalue weighted by atomic mass is 10.2. The van der Waals surface area contributed by atoms with Crippen molar-refractivity contribution in [3.8, 4) is 0 Å². The minimum absolute atomic E-state index is 0.0453. The van der Waals surface area contributed by atoms with Gasteiger partial charge in [0.25, 0.3) is 0 Å². The van der Waals surface area contributed by atoms with Gasteiger partial charge in [0.05, 0.1) is 18.0 Å². The van der Waals surface area contributed by atoms with Crippen LogP contribution in [0.1, 0.15) is 22.0 Å². The molecule has 100 valence electrons. The first kappa shape index (κ1) is 14.0. The van der Waals surface area contributed by atoms with Crippen LogP contribution in [0.15, 0.2) is 23.7 Å². The van der Waals surface area contributed by atoms with Gasteiger partial charge in [-0.05, 0) is 18.6 Å². The van der Waals surface area contributed by atoms with Crippen molar-refractivity contribution in [2.24, 2.45) is 0 Å². The summed E-state index contributed by atoms with van der Waals surface area (Å²) in [5.74, 6) is 0.337. The maximum atomic E-state index is 11.8. The molecule has 0 aliphatic carbocycles. The van der Waals surface area contributed by atoms with E-state index in [9.17, 15) is 4.79 Å². The van der Waals surface area contributed by atoms with Crippen LogP contribution >= 0.6 is 22.9 Å². The molecule has 0 fully saturated rings. The maximum absolute atomic E-state index is 11.8. The van der Waals surface area contributed by atoms with Crippen LogP contribution in [-0.4, -0.2) is 15.9 Å². The van der Waals surface area contributed by atoms with Crippen LogP contribution in [0.2, 0.25) is 0 Å². The Morgan fingerprint density at radius 2 is 2.32 bits per heavy atom. The third kappa shape index (κ3) is 4.29. The second-order valence-corrected chi connectivity index (χ2v) is 5.34. The Balaban J connectivity index is 1.82. The van der Waals surface area contributed by atoms with Crippen LogP contribution in [0, 0.1) is 6.92 Å². The summed E-state index contributed by atoms with van der Waals surface area (Å²) in [5, 5.41) is 5.51. The van der Waals surface area contributed by atoms with Gasteiger partial charge in [-0.3, -0.25) is 9.78 Å². The molecule has 2 rings (SSSR count). The van der Waals surface area contributed by atoms with E-state index in [0.717, 1.165) is 22.0 Å². The molecule has 19 heavy (non-hydrogen) atoms. The van der Waals surface area contributed by atoms with Gasteiger partial charge in [-0.2, -0.15) is 0 Å². The Labute approximate surface area is 120 Å². The van der Waals surface area contributed by atoms with Crippen LogP contribution in [0.5, 0.6) is 0 Å². The molecule has 4 nitrogen and oxygen atoms in total. The molecule has 0 radical (unpaired) electrons. The maximum Gasteiger partial charge on any atom is 0.227 e. The molecule has 2 heterocycles. The van der Waals surface area contributed by atoms with E-state index in [0.29, 0.717) is 18.8 Å². The lowest BCUT2D eigenvalue weighted by Crippen LogP contribution is -2.24. The standard InChI is InChI=1S/C13H14ClN3OS/c1-9-2-3-10(6-15-9)7-16-12(18)4-13-17-11(5-14)8-19-13/h2-3,6,8H,4-5,7H2,1H3,(H,16,18). The Morgan fingerprint density at radius 3 is 2.95 bits per heavy atom. The normalized spacial score (nSPS) is 10.4. The number of nitrogens with zero attached hydrogens (tertiary/aromatic N) is 2. The molecular weight excluding hydrogens is 282 g/mol. The molecule has 1 amide bonds. The molecule has 0 aromatic carbocycles. The number of hydrogen-bond donors (Lipinski definition) is 1. The number of pyridine rings is 1. The van der Waals surface area contributed by atoms with Crippen LogP contribution in [0.3, 0.4) is 0 Å². The van der Waals surface area contributed by atoms with Gasteiger partial charge in [-0.15, -0.1) is 22.9 Å². The number of halogens is 1. The monoisotopic (exact) mass is 295 g/mol. The minimum atomic E-state index is -0.0453. The summed E-state index contributed by atoms with van der Waals surface area (Å²) in [7, 11) is 0. The third-order valence-electron chi connectivity index (χ3n) is 2.51. The number of amides is 1. The largest absolute Gasteiger partial charge is 0.352 e. The van der Waals surface area contributed by atoms with Gasteiger partial charge in [-0.1, -0.05) is 6.07 Å². The van der Waals surface area contributed by atoms with Crippen molar-refractivity contribution in [1.82, 2.24) is 15.3 Å². The van der Waals surface area contributed by atoms with Crippen molar-refractivity contribution in [3.05, 3.63) is 45.7 Å². The number of carbonyl (C=O) groups excluding carboxylic acids is 1. The zero-order valence-corrected chi connectivity index (χ0v) is 12.1. The van der Waals surface area contributed by atoms with Crippen molar-refractivity contribution >= 4 is 28.8 Å². The van der Waals surface area contributed by atoms with Gasteiger partial charge in [0.1, 0.15) is 5.01 Å². The summed E-state index contributed by atoms with van der Waals surface area (Å²) in [4.78, 5) is 20.2. The molecule has 6 heteroatoms. The first-order valence-electron chi connectivity index (χ1n) is 5.85. The Bertz CT molecular complexity index is 553. The van der Waals surface area contributed by atoms with Gasteiger partial charge in [-0.25, -0.2) is 4.98 Å². The topological polar surface area (TPSA) is 54.9 Å². The second-order valence-electron chi connectivity index (χ2n) is 4.13. The highest BCUT2D eigenvalue weighted by molar-refractivity contribution is 7.09. The van der Waals surface area contributed by atoms with Crippen LogP contribution < -0.4 is 5.32 Å². The van der Waals surface area contributed by atoms with E-state index in [1.165, 1.54) is 11.3 Å². The van der Waals surface area contributed by atoms with E-state index < -0.39 is 0 Å². The molecule has 0 aliphatic heterocycles. The van der Waals surface area contributed by atoms with Crippen LogP contribution in [0.25, 0.3) is 0 Å². The van der Waals surface area contributed by atoms with Crippen LogP contribution in [-0.2, 0) is 23.6 Å². The molecule has 1 N–H and O–H groups in total. The fourth-order valence-corrected chi connectivity index (χ4v) is 2.52. The smallest absolute Gasteiger partial charge is 0.227 e. The second kappa shape index (κ2) is 6.63. The molecule has 0 aliphatic rings. The number of thiazole rings is 1. The third-order valence-corrected chi connectivity index (χ3v) is 3.68. The molecule has 0 atom stereocenters. The van der Waals surface area contributed by atoms with Gasteiger partial charge in [0.15, 0.2) is 0 Å². The average molecular weight is 296 g/mol. The van der Waals surface area contributed by atoms with E-state index in [1.807, 2.05) is 24.4 Å². The van der Waals surface area contributed by atoms with E-state index >= 15 is 0 Å². The SMILES string of the molecule is Cc1ccc(CNC(=O)Cc2nc(CCl)cs2)cn1. The van der Waals surface area contributed by atoms with E-state index in [1.54, 1.807) is 6.20 Å². The molecule has 0 saturated carbocycles. The number of alkyl halides is 1. The number of nitrogens with one attached hydrogen (secondary N) is 1. The van der Waals surface area contributed by atoms with Gasteiger partial charge < -0.3 is 5.32 Å². The Kier molecular flexibility index (Phi) is 4.87. The van der Waals surface area contributed by atoms with Gasteiger partial charge >= 0.3 is 0 Å². The van der Waals surface area contributed by atoms with Gasteiger partial charge in [0.2, 0.25) is 5.91 Å². The summed E-state index contributed by atoms with van der Waals surface area (Å²) >= 11 is 7.12. The predicted octanol–water partition coefficient (Wildman–Crippen LogP) is 2.44. The number of rotatable bonds is 5. The fraction of sp³-hybridized carbons (Fsp3) is 0.308. The summed E-state index contributed by atoms with van der Waals surface area (Å²) in [5.41, 5.74) is 2.77. The highest BCUT2D eigenvalue weighted by Gasteiger charge is 2.07. The fourth-order valence-electron chi connectivity index (χ4n) is 1.49. The Hall–Kier alpha value is -1.46. The van der Waals surface area contributed by atoms with Gasteiger partial charge in [0, 0.05) is 23.8 Å². The predicted molar refractivity (Wildman–Crippen MR) is 76.2 cm³/mol. The molecule has 2 aromatic heterocycles. The lowest BCUT2D eigenvalue weighted by molar-refractivity contribution is -0.120. The van der Waals surface area contributed by atoms with Crippen LogP contribution in [0.4, 0.5) is 0 Å². The van der Waals surface area contributed by atoms with E-state index in [2.05, 4.69) is 15.3 Å². The number of hydrogen-bond acceptors (Lipinski definition) is 4. The number of aromatic nitrogens is 2. The quantitative estimate of drug-likeness (QED) is 0.862. The average Bonchev–Trinajstić information content (AvgIpc) is 2.86. The molecular formula is C13H14ClN3OS. The highest BCUT2D eigenvalue weighted by Crippen LogP contribution is 2.12. The zero-order chi connectivity index (χ0) is 13.7. The highest BCUT2D eigenvalue weighted by atomic mass is 35.5. The molecule has 0 saturated heterocycles. The first-order chi connectivity index (χ1) is 9.17. The molecule has 0 bridgehead atoms. The Morgan fingerprint density at radius 1 is 1.47 bits per heavy atom. The summed E-state index contributed by atoms with van der Waals surface area (Å²) in [6.45, 7) is 2.42. The molecule has 2 aromatic rings. The number of aryl methyl sites for hydroxylation is 1. The lowest BCUT2D eigenvalue weighted by Gasteiger charge is -2.04. The summed E-state index contributed by atoms with van der Waals surface area (Å²) < 4.78 is 0. The van der Waals surface area contributed by atoms with Crippen molar-refractivity contribution < 1.29 is 4.79 Å². The minimum Gasteiger partial charge on any atom is -0.352 e. The van der Waals surface area contributed by atoms with Crippen molar-refractivity contribution in [3.63, 3.8) is 0 Å². The van der Waals surface area contributed by atoms with E-state index in [4.69, 9.17) is 11.6 Å². The molecule has 0 unspecified atom stereocenters. The van der Waals surface area contributed by atoms with Crippen molar-refractivity contribution in [2.75, 3.05) is 0 Å². The summed E-state index contributed by atoms with van der Waals surface area (Å²) in [6.07, 6.45) is 2.06. The number of carbonyl (C=O) groups is 1. The van der Waals surface area contributed by atoms with Crippen molar-refractivity contribution in [2.45, 2.75) is 25.8 Å². The van der Waals surface area contributed by atoms with E-state index in [-0.39, 0.29) is 5.91 Å². The zero-order valence-electron chi connectivity index (χ0n) is 10.5. The summed E-state index contributed by atoms with van der Waals surface area (Å²) in [6, 6.07) is 3.88. The van der Waals surface area contributed by atoms with Crippen molar-refractivity contribution in [1.29, 1.82) is 0 Å². The molecule has 0 spiro atoms.